The largest absolute Gasteiger partial charge is 0.374 e. The summed E-state index contributed by atoms with van der Waals surface area (Å²) in [6.45, 7) is 6.85. The van der Waals surface area contributed by atoms with E-state index in [2.05, 4.69) is 37.0 Å². The predicted octanol–water partition coefficient (Wildman–Crippen LogP) is 3.62. The van der Waals surface area contributed by atoms with Gasteiger partial charge in [-0.2, -0.15) is 11.8 Å². The zero-order valence-electron chi connectivity index (χ0n) is 13.0. The van der Waals surface area contributed by atoms with Crippen molar-refractivity contribution in [2.24, 2.45) is 11.8 Å². The molecule has 1 spiro atoms. The number of hydrogen-bond acceptors (Lipinski definition) is 3. The van der Waals surface area contributed by atoms with Crippen molar-refractivity contribution in [3.05, 3.63) is 11.6 Å². The third kappa shape index (κ3) is 3.26. The molecule has 3 heteroatoms. The highest BCUT2D eigenvalue weighted by Crippen LogP contribution is 2.38. The fourth-order valence-corrected chi connectivity index (χ4v) is 5.47. The van der Waals surface area contributed by atoms with Gasteiger partial charge in [-0.1, -0.05) is 18.6 Å². The maximum Gasteiger partial charge on any atom is 0.0795 e. The van der Waals surface area contributed by atoms with E-state index < -0.39 is 0 Å². The van der Waals surface area contributed by atoms with E-state index in [-0.39, 0.29) is 5.60 Å². The molecule has 2 saturated heterocycles. The Bertz CT molecular complexity index is 362. The molecule has 0 aromatic heterocycles. The first kappa shape index (κ1) is 14.9. The average Bonchev–Trinajstić information content (AvgIpc) is 2.86. The first-order chi connectivity index (χ1) is 9.69. The van der Waals surface area contributed by atoms with Crippen LogP contribution in [-0.4, -0.2) is 36.3 Å². The van der Waals surface area contributed by atoms with Crippen molar-refractivity contribution in [1.82, 2.24) is 5.32 Å². The topological polar surface area (TPSA) is 21.3 Å². The summed E-state index contributed by atoms with van der Waals surface area (Å²) in [6, 6.07) is 0.671. The zero-order chi connectivity index (χ0) is 14.0. The molecule has 2 fully saturated rings. The van der Waals surface area contributed by atoms with Crippen LogP contribution < -0.4 is 5.32 Å². The van der Waals surface area contributed by atoms with Gasteiger partial charge in [0.25, 0.3) is 0 Å². The molecule has 2 nitrogen and oxygen atoms in total. The normalized spacial score (nSPS) is 41.9. The monoisotopic (exact) mass is 295 g/mol. The molecule has 114 valence electrons. The third-order valence-electron chi connectivity index (χ3n) is 5.55. The smallest absolute Gasteiger partial charge is 0.0795 e. The van der Waals surface area contributed by atoms with Gasteiger partial charge >= 0.3 is 0 Å². The van der Waals surface area contributed by atoms with Gasteiger partial charge in [0.1, 0.15) is 0 Å². The van der Waals surface area contributed by atoms with E-state index in [0.29, 0.717) is 6.04 Å². The summed E-state index contributed by atoms with van der Waals surface area (Å²) < 4.78 is 6.12. The van der Waals surface area contributed by atoms with Crippen LogP contribution in [0.5, 0.6) is 0 Å². The van der Waals surface area contributed by atoms with E-state index in [9.17, 15) is 0 Å². The Balaban J connectivity index is 1.53. The van der Waals surface area contributed by atoms with Gasteiger partial charge in [0, 0.05) is 24.9 Å². The highest BCUT2D eigenvalue weighted by Gasteiger charge is 2.40. The second-order valence-electron chi connectivity index (χ2n) is 7.04. The van der Waals surface area contributed by atoms with Crippen molar-refractivity contribution in [2.45, 2.75) is 57.6 Å². The minimum absolute atomic E-state index is 0.212. The van der Waals surface area contributed by atoms with E-state index in [0.717, 1.165) is 25.0 Å². The van der Waals surface area contributed by atoms with E-state index in [1.165, 1.54) is 43.6 Å². The highest BCUT2D eigenvalue weighted by atomic mass is 32.2. The summed E-state index contributed by atoms with van der Waals surface area (Å²) in [5, 5.41) is 3.87. The van der Waals surface area contributed by atoms with E-state index >= 15 is 0 Å². The van der Waals surface area contributed by atoms with Gasteiger partial charge in [-0.05, 0) is 56.6 Å². The molecule has 3 rings (SSSR count). The lowest BCUT2D eigenvalue weighted by Crippen LogP contribution is -2.48. The Morgan fingerprint density at radius 1 is 1.45 bits per heavy atom. The molecule has 0 saturated carbocycles. The van der Waals surface area contributed by atoms with E-state index in [4.69, 9.17) is 4.74 Å². The maximum absolute atomic E-state index is 6.12. The number of rotatable bonds is 3. The average molecular weight is 295 g/mol. The molecular formula is C17H29NOS. The Hall–Kier alpha value is 0.0100. The number of nitrogens with one attached hydrogen (secondary N) is 1. The molecule has 0 amide bonds. The summed E-state index contributed by atoms with van der Waals surface area (Å²) in [6.07, 6.45) is 8.76. The standard InChI is InChI=1S/C17H29NOS/c1-13-4-3-5-14(2)16(13)11-18-15-6-8-19-17(10-15)7-9-20-12-17/h4,14-16,18H,3,5-12H2,1-2H3/t14-,15-,16+,17+/m0/s1. The van der Waals surface area contributed by atoms with Gasteiger partial charge in [0.2, 0.25) is 0 Å². The Labute approximate surface area is 128 Å². The summed E-state index contributed by atoms with van der Waals surface area (Å²) in [4.78, 5) is 0. The van der Waals surface area contributed by atoms with Crippen LogP contribution in [-0.2, 0) is 4.74 Å². The molecule has 0 aromatic rings. The summed E-state index contributed by atoms with van der Waals surface area (Å²) in [5.41, 5.74) is 1.82. The number of hydrogen-bond donors (Lipinski definition) is 1. The molecule has 4 atom stereocenters. The second kappa shape index (κ2) is 6.41. The lowest BCUT2D eigenvalue weighted by molar-refractivity contribution is -0.0704. The van der Waals surface area contributed by atoms with Gasteiger partial charge in [0.05, 0.1) is 5.60 Å². The number of thioether (sulfide) groups is 1. The van der Waals surface area contributed by atoms with Crippen molar-refractivity contribution in [2.75, 3.05) is 24.7 Å². The Morgan fingerprint density at radius 2 is 2.35 bits per heavy atom. The lowest BCUT2D eigenvalue weighted by atomic mass is 9.79. The quantitative estimate of drug-likeness (QED) is 0.804. The van der Waals surface area contributed by atoms with Crippen LogP contribution in [0.1, 0.15) is 46.0 Å². The molecule has 0 bridgehead atoms. The lowest BCUT2D eigenvalue weighted by Gasteiger charge is -2.39. The molecule has 2 aliphatic heterocycles. The van der Waals surface area contributed by atoms with Crippen molar-refractivity contribution in [1.29, 1.82) is 0 Å². The molecule has 0 aromatic carbocycles. The molecule has 3 aliphatic rings. The Kier molecular flexibility index (Phi) is 4.79. The van der Waals surface area contributed by atoms with Gasteiger partial charge < -0.3 is 10.1 Å². The summed E-state index contributed by atoms with van der Waals surface area (Å²) in [7, 11) is 0. The van der Waals surface area contributed by atoms with Crippen LogP contribution in [0.4, 0.5) is 0 Å². The van der Waals surface area contributed by atoms with Crippen LogP contribution in [0.15, 0.2) is 11.6 Å². The number of allylic oxidation sites excluding steroid dienone is 1. The highest BCUT2D eigenvalue weighted by molar-refractivity contribution is 7.99. The van der Waals surface area contributed by atoms with Gasteiger partial charge in [-0.3, -0.25) is 0 Å². The summed E-state index contributed by atoms with van der Waals surface area (Å²) >= 11 is 2.07. The fourth-order valence-electron chi connectivity index (χ4n) is 4.10. The molecule has 2 heterocycles. The molecular weight excluding hydrogens is 266 g/mol. The predicted molar refractivity (Wildman–Crippen MR) is 87.3 cm³/mol. The van der Waals surface area contributed by atoms with Crippen molar-refractivity contribution in [3.8, 4) is 0 Å². The minimum atomic E-state index is 0.212. The fraction of sp³-hybridized carbons (Fsp3) is 0.882. The second-order valence-corrected chi connectivity index (χ2v) is 8.15. The maximum atomic E-state index is 6.12. The first-order valence-corrected chi connectivity index (χ1v) is 9.46. The van der Waals surface area contributed by atoms with Crippen LogP contribution >= 0.6 is 11.8 Å². The Morgan fingerprint density at radius 3 is 3.10 bits per heavy atom. The number of ether oxygens (including phenoxy) is 1. The van der Waals surface area contributed by atoms with Gasteiger partial charge in [0.15, 0.2) is 0 Å². The minimum Gasteiger partial charge on any atom is -0.374 e. The van der Waals surface area contributed by atoms with Gasteiger partial charge in [-0.15, -0.1) is 0 Å². The molecule has 0 radical (unpaired) electrons. The molecule has 1 N–H and O–H groups in total. The van der Waals surface area contributed by atoms with Crippen LogP contribution in [0.2, 0.25) is 0 Å². The van der Waals surface area contributed by atoms with Crippen molar-refractivity contribution < 1.29 is 4.74 Å². The SMILES string of the molecule is CC1=CCC[C@H](C)[C@@H]1CN[C@H]1CCO[C@]2(CCSC2)C1. The van der Waals surface area contributed by atoms with Gasteiger partial charge in [-0.25, -0.2) is 0 Å². The molecule has 0 unspecified atom stereocenters. The van der Waals surface area contributed by atoms with Crippen LogP contribution in [0.25, 0.3) is 0 Å². The van der Waals surface area contributed by atoms with Crippen LogP contribution in [0, 0.1) is 11.8 Å². The van der Waals surface area contributed by atoms with Crippen molar-refractivity contribution in [3.63, 3.8) is 0 Å². The van der Waals surface area contributed by atoms with E-state index in [1.807, 2.05) is 0 Å². The molecule has 1 aliphatic carbocycles. The van der Waals surface area contributed by atoms with E-state index in [1.54, 1.807) is 5.57 Å². The first-order valence-electron chi connectivity index (χ1n) is 8.30. The zero-order valence-corrected chi connectivity index (χ0v) is 13.8. The van der Waals surface area contributed by atoms with Crippen molar-refractivity contribution >= 4 is 11.8 Å². The van der Waals surface area contributed by atoms with Crippen LogP contribution in [0.3, 0.4) is 0 Å². The summed E-state index contributed by atoms with van der Waals surface area (Å²) in [5.74, 6) is 4.09. The molecule has 20 heavy (non-hydrogen) atoms. The third-order valence-corrected chi connectivity index (χ3v) is 6.77.